The second kappa shape index (κ2) is 8.84. The van der Waals surface area contributed by atoms with Crippen molar-refractivity contribution in [1.29, 1.82) is 0 Å². The molecular formula is C20H22ClNO5S. The molecule has 1 amide bonds. The second-order valence-electron chi connectivity index (χ2n) is 6.71. The molecule has 6 nitrogen and oxygen atoms in total. The van der Waals surface area contributed by atoms with Crippen LogP contribution in [0.25, 0.3) is 0 Å². The first-order valence-electron chi connectivity index (χ1n) is 8.90. The highest BCUT2D eigenvalue weighted by atomic mass is 35.5. The molecule has 1 heterocycles. The maximum absolute atomic E-state index is 12.4. The van der Waals surface area contributed by atoms with E-state index < -0.39 is 18.5 Å². The molecular weight excluding hydrogens is 402 g/mol. The second-order valence-corrected chi connectivity index (χ2v) is 8.08. The minimum atomic E-state index is -0.478. The van der Waals surface area contributed by atoms with Gasteiger partial charge in [0.1, 0.15) is 11.5 Å². The van der Waals surface area contributed by atoms with Gasteiger partial charge in [0.05, 0.1) is 30.5 Å². The van der Waals surface area contributed by atoms with Gasteiger partial charge in [-0.1, -0.05) is 18.5 Å². The van der Waals surface area contributed by atoms with Crippen LogP contribution < -0.4 is 14.8 Å². The quantitative estimate of drug-likeness (QED) is 0.699. The van der Waals surface area contributed by atoms with E-state index in [1.54, 1.807) is 23.5 Å². The van der Waals surface area contributed by atoms with Gasteiger partial charge in [-0.05, 0) is 30.7 Å². The number of methoxy groups -OCH3 is 2. The molecule has 1 aliphatic carbocycles. The summed E-state index contributed by atoms with van der Waals surface area (Å²) in [6, 6.07) is 3.10. The first-order chi connectivity index (χ1) is 13.4. The summed E-state index contributed by atoms with van der Waals surface area (Å²) >= 11 is 7.64. The van der Waals surface area contributed by atoms with E-state index in [2.05, 4.69) is 12.2 Å². The lowest BCUT2D eigenvalue weighted by molar-refractivity contribution is -0.119. The van der Waals surface area contributed by atoms with Crippen molar-refractivity contribution in [2.24, 2.45) is 5.92 Å². The molecule has 0 bridgehead atoms. The van der Waals surface area contributed by atoms with Crippen molar-refractivity contribution in [1.82, 2.24) is 0 Å². The Morgan fingerprint density at radius 2 is 2.00 bits per heavy atom. The lowest BCUT2D eigenvalue weighted by Crippen LogP contribution is -2.22. The van der Waals surface area contributed by atoms with Crippen molar-refractivity contribution in [2.45, 2.75) is 26.2 Å². The number of rotatable bonds is 6. The van der Waals surface area contributed by atoms with Crippen LogP contribution in [-0.4, -0.2) is 32.7 Å². The van der Waals surface area contributed by atoms with Gasteiger partial charge in [0.2, 0.25) is 0 Å². The van der Waals surface area contributed by atoms with E-state index in [0.29, 0.717) is 33.7 Å². The number of amides is 1. The zero-order valence-corrected chi connectivity index (χ0v) is 17.5. The number of carbonyl (C=O) groups excluding carboxylic acids is 2. The average Bonchev–Trinajstić information content (AvgIpc) is 3.10. The summed E-state index contributed by atoms with van der Waals surface area (Å²) < 4.78 is 15.6. The van der Waals surface area contributed by atoms with Gasteiger partial charge in [0.15, 0.2) is 6.61 Å². The molecule has 0 saturated carbocycles. The van der Waals surface area contributed by atoms with Crippen LogP contribution in [0.3, 0.4) is 0 Å². The zero-order chi connectivity index (χ0) is 20.3. The van der Waals surface area contributed by atoms with Gasteiger partial charge in [-0.25, -0.2) is 4.79 Å². The molecule has 2 aromatic rings. The van der Waals surface area contributed by atoms with Crippen molar-refractivity contribution in [3.8, 4) is 11.5 Å². The number of esters is 1. The Morgan fingerprint density at radius 3 is 2.71 bits per heavy atom. The van der Waals surface area contributed by atoms with E-state index >= 15 is 0 Å². The van der Waals surface area contributed by atoms with E-state index in [1.165, 1.54) is 19.1 Å². The molecule has 1 aromatic heterocycles. The van der Waals surface area contributed by atoms with E-state index in [1.807, 2.05) is 5.38 Å². The Morgan fingerprint density at radius 1 is 1.25 bits per heavy atom. The minimum Gasteiger partial charge on any atom is -0.495 e. The van der Waals surface area contributed by atoms with Crippen LogP contribution in [0.15, 0.2) is 17.5 Å². The van der Waals surface area contributed by atoms with Crippen LogP contribution >= 0.6 is 22.9 Å². The summed E-state index contributed by atoms with van der Waals surface area (Å²) in [4.78, 5) is 25.9. The predicted molar refractivity (Wildman–Crippen MR) is 109 cm³/mol. The molecule has 1 aliphatic rings. The number of anilines is 1. The van der Waals surface area contributed by atoms with Crippen LogP contribution in [0, 0.1) is 5.92 Å². The largest absolute Gasteiger partial charge is 0.495 e. The minimum absolute atomic E-state index is 0.361. The molecule has 1 N–H and O–H groups in total. The van der Waals surface area contributed by atoms with Crippen LogP contribution in [0.1, 0.15) is 34.1 Å². The fourth-order valence-electron chi connectivity index (χ4n) is 3.20. The first kappa shape index (κ1) is 20.5. The van der Waals surface area contributed by atoms with E-state index in [0.717, 1.165) is 24.8 Å². The van der Waals surface area contributed by atoms with Crippen molar-refractivity contribution in [3.63, 3.8) is 0 Å². The molecule has 150 valence electrons. The third-order valence-electron chi connectivity index (χ3n) is 4.70. The molecule has 1 atom stereocenters. The van der Waals surface area contributed by atoms with Crippen molar-refractivity contribution < 1.29 is 23.8 Å². The van der Waals surface area contributed by atoms with Gasteiger partial charge >= 0.3 is 5.97 Å². The number of benzene rings is 1. The molecule has 0 radical (unpaired) electrons. The summed E-state index contributed by atoms with van der Waals surface area (Å²) in [6.45, 7) is 1.82. The highest BCUT2D eigenvalue weighted by Crippen LogP contribution is 2.36. The third kappa shape index (κ3) is 4.42. The maximum atomic E-state index is 12.4. The van der Waals surface area contributed by atoms with Crippen molar-refractivity contribution in [2.75, 3.05) is 26.1 Å². The molecule has 0 fully saturated rings. The molecule has 1 unspecified atom stereocenters. The topological polar surface area (TPSA) is 73.9 Å². The number of nitrogens with one attached hydrogen (secondary N) is 1. The van der Waals surface area contributed by atoms with Gasteiger partial charge in [-0.2, -0.15) is 0 Å². The normalized spacial score (nSPS) is 15.5. The third-order valence-corrected chi connectivity index (χ3v) is 6.05. The monoisotopic (exact) mass is 423 g/mol. The Kier molecular flexibility index (Phi) is 6.46. The van der Waals surface area contributed by atoms with Crippen LogP contribution in [0.4, 0.5) is 5.69 Å². The Bertz CT molecular complexity index is 895. The number of thiophene rings is 1. The highest BCUT2D eigenvalue weighted by Gasteiger charge is 2.24. The number of hydrogen-bond donors (Lipinski definition) is 1. The molecule has 0 spiro atoms. The fourth-order valence-corrected chi connectivity index (χ4v) is 4.67. The number of ether oxygens (including phenoxy) is 3. The number of carbonyl (C=O) groups is 2. The lowest BCUT2D eigenvalue weighted by Gasteiger charge is -2.18. The van der Waals surface area contributed by atoms with Gasteiger partial charge in [-0.15, -0.1) is 11.3 Å². The molecule has 1 aromatic carbocycles. The Labute approximate surface area is 172 Å². The molecule has 8 heteroatoms. The molecule has 28 heavy (non-hydrogen) atoms. The maximum Gasteiger partial charge on any atom is 0.339 e. The number of halogens is 1. The van der Waals surface area contributed by atoms with Crippen LogP contribution in [0.2, 0.25) is 5.02 Å². The smallest absolute Gasteiger partial charge is 0.339 e. The SMILES string of the molecule is COc1cc(NC(=O)COC(=O)c2csc3c2CCC(C)C3)c(OC)cc1Cl. The molecule has 0 saturated heterocycles. The molecule has 0 aliphatic heterocycles. The van der Waals surface area contributed by atoms with E-state index in [4.69, 9.17) is 25.8 Å². The Hall–Kier alpha value is -2.25. The highest BCUT2D eigenvalue weighted by molar-refractivity contribution is 7.10. The van der Waals surface area contributed by atoms with Gasteiger partial charge in [0.25, 0.3) is 5.91 Å². The van der Waals surface area contributed by atoms with Gasteiger partial charge in [-0.3, -0.25) is 4.79 Å². The van der Waals surface area contributed by atoms with Crippen molar-refractivity contribution in [3.05, 3.63) is 38.5 Å². The van der Waals surface area contributed by atoms with Crippen molar-refractivity contribution >= 4 is 40.5 Å². The summed E-state index contributed by atoms with van der Waals surface area (Å²) in [7, 11) is 2.94. The van der Waals surface area contributed by atoms with E-state index in [-0.39, 0.29) is 0 Å². The summed E-state index contributed by atoms with van der Waals surface area (Å²) in [6.07, 6.45) is 2.92. The summed E-state index contributed by atoms with van der Waals surface area (Å²) in [5, 5.41) is 4.85. The summed E-state index contributed by atoms with van der Waals surface area (Å²) in [5.74, 6) is 0.462. The van der Waals surface area contributed by atoms with Gasteiger partial charge in [0, 0.05) is 22.4 Å². The molecule has 3 rings (SSSR count). The van der Waals surface area contributed by atoms with E-state index in [9.17, 15) is 9.59 Å². The Balaban J connectivity index is 1.63. The number of hydrogen-bond acceptors (Lipinski definition) is 6. The van der Waals surface area contributed by atoms with Crippen LogP contribution in [-0.2, 0) is 22.4 Å². The zero-order valence-electron chi connectivity index (χ0n) is 16.0. The standard InChI is InChI=1S/C20H22ClNO5S/c1-11-4-5-12-13(10-28-18(12)6-11)20(24)27-9-19(23)22-15-8-16(25-2)14(21)7-17(15)26-3/h7-8,10-11H,4-6,9H2,1-3H3,(H,22,23). The van der Waals surface area contributed by atoms with Crippen LogP contribution in [0.5, 0.6) is 11.5 Å². The summed E-state index contributed by atoms with van der Waals surface area (Å²) in [5.41, 5.74) is 2.02. The lowest BCUT2D eigenvalue weighted by atomic mass is 9.88. The van der Waals surface area contributed by atoms with Gasteiger partial charge < -0.3 is 19.5 Å². The fraction of sp³-hybridized carbons (Fsp3) is 0.400. The predicted octanol–water partition coefficient (Wildman–Crippen LogP) is 4.34. The average molecular weight is 424 g/mol. The first-order valence-corrected chi connectivity index (χ1v) is 10.2. The number of fused-ring (bicyclic) bond motifs is 1.